The summed E-state index contributed by atoms with van der Waals surface area (Å²) in [5.74, 6) is -0.823. The van der Waals surface area contributed by atoms with Crippen LogP contribution in [0.2, 0.25) is 0 Å². The van der Waals surface area contributed by atoms with Gasteiger partial charge in [-0.2, -0.15) is 0 Å². The van der Waals surface area contributed by atoms with Crippen LogP contribution in [0.3, 0.4) is 0 Å². The van der Waals surface area contributed by atoms with E-state index < -0.39 is 69.1 Å². The van der Waals surface area contributed by atoms with Crippen LogP contribution in [-0.2, 0) is 28.0 Å². The molecule has 0 radical (unpaired) electrons. The minimum atomic E-state index is -5.41. The summed E-state index contributed by atoms with van der Waals surface area (Å²) < 4.78 is 21.3. The third-order valence-corrected chi connectivity index (χ3v) is 4.63. The number of aliphatic hydroxyl groups excluding tert-OH is 6. The lowest BCUT2D eigenvalue weighted by atomic mass is 10.0. The number of hydrogen-bond acceptors (Lipinski definition) is 12. The highest BCUT2D eigenvalue weighted by atomic mass is 31.2. The van der Waals surface area contributed by atoms with Gasteiger partial charge in [0.1, 0.15) is 42.8 Å². The zero-order valence-electron chi connectivity index (χ0n) is 15.5. The lowest BCUT2D eigenvalue weighted by Gasteiger charge is -2.32. The van der Waals surface area contributed by atoms with E-state index in [9.17, 15) is 49.4 Å². The Hall–Kier alpha value is -1.32. The number of phosphoric acid groups is 1. The van der Waals surface area contributed by atoms with Crippen molar-refractivity contribution in [1.29, 1.82) is 0 Å². The third kappa shape index (κ3) is 8.92. The number of nitrogens with one attached hydrogen (secondary N) is 1. The Balaban J connectivity index is 5.65. The number of aliphatic hydroxyl groups is 6. The van der Waals surface area contributed by atoms with Crippen LogP contribution in [0.5, 0.6) is 0 Å². The SMILES string of the molecule is CC(=O)N[C@@H](C=O)[C@@H](OP(=O)(O)O[C@@H](C=O)[C@H](O)[C@@H](O)[C@H](C)O)[C@H](O)[C@H](O)CO. The van der Waals surface area contributed by atoms with Crippen LogP contribution in [0.15, 0.2) is 0 Å². The monoisotopic (exact) mass is 447 g/mol. The van der Waals surface area contributed by atoms with Gasteiger partial charge in [0.05, 0.1) is 12.7 Å². The van der Waals surface area contributed by atoms with E-state index in [4.69, 9.17) is 5.11 Å². The molecule has 0 aliphatic carbocycles. The van der Waals surface area contributed by atoms with E-state index in [2.05, 4.69) is 9.05 Å². The van der Waals surface area contributed by atoms with Crippen LogP contribution in [0, 0.1) is 0 Å². The maximum atomic E-state index is 12.2. The molecule has 0 aliphatic heterocycles. The van der Waals surface area contributed by atoms with Crippen LogP contribution in [-0.4, -0.2) is 109 Å². The first-order chi connectivity index (χ1) is 13.3. The van der Waals surface area contributed by atoms with Crippen molar-refractivity contribution in [2.45, 2.75) is 62.6 Å². The molecule has 8 N–H and O–H groups in total. The van der Waals surface area contributed by atoms with Crippen molar-refractivity contribution in [3.05, 3.63) is 0 Å². The van der Waals surface area contributed by atoms with Gasteiger partial charge in [0.25, 0.3) is 0 Å². The summed E-state index contributed by atoms with van der Waals surface area (Å²) in [4.78, 5) is 43.3. The molecule has 0 spiro atoms. The van der Waals surface area contributed by atoms with Gasteiger partial charge >= 0.3 is 7.82 Å². The molecule has 9 atom stereocenters. The second-order valence-corrected chi connectivity index (χ2v) is 7.43. The van der Waals surface area contributed by atoms with Gasteiger partial charge in [0.2, 0.25) is 5.91 Å². The van der Waals surface area contributed by atoms with Crippen molar-refractivity contribution >= 4 is 26.3 Å². The Morgan fingerprint density at radius 3 is 1.97 bits per heavy atom. The Kier molecular flexibility index (Phi) is 11.8. The Labute approximate surface area is 165 Å². The molecule has 0 aromatic heterocycles. The molecule has 0 rings (SSSR count). The molecule has 170 valence electrons. The first kappa shape index (κ1) is 27.7. The van der Waals surface area contributed by atoms with E-state index in [1.165, 1.54) is 0 Å². The molecular formula is C14H26NO13P. The molecule has 0 heterocycles. The van der Waals surface area contributed by atoms with E-state index in [1.54, 1.807) is 0 Å². The summed E-state index contributed by atoms with van der Waals surface area (Å²) in [6, 6.07) is -1.80. The summed E-state index contributed by atoms with van der Waals surface area (Å²) in [7, 11) is -5.41. The highest BCUT2D eigenvalue weighted by molar-refractivity contribution is 7.47. The van der Waals surface area contributed by atoms with Crippen molar-refractivity contribution in [1.82, 2.24) is 5.32 Å². The first-order valence-electron chi connectivity index (χ1n) is 8.19. The molecule has 0 saturated heterocycles. The smallest absolute Gasteiger partial charge is 0.394 e. The van der Waals surface area contributed by atoms with Crippen molar-refractivity contribution in [3.63, 3.8) is 0 Å². The van der Waals surface area contributed by atoms with E-state index in [1.807, 2.05) is 5.32 Å². The summed E-state index contributed by atoms with van der Waals surface area (Å²) in [6.07, 6.45) is -14.3. The van der Waals surface area contributed by atoms with Gasteiger partial charge in [0.15, 0.2) is 12.4 Å². The van der Waals surface area contributed by atoms with Gasteiger partial charge in [-0.25, -0.2) is 4.57 Å². The van der Waals surface area contributed by atoms with E-state index in [0.717, 1.165) is 13.8 Å². The zero-order valence-corrected chi connectivity index (χ0v) is 16.4. The number of phosphoric ester groups is 1. The second-order valence-electron chi connectivity index (χ2n) is 6.07. The summed E-state index contributed by atoms with van der Waals surface area (Å²) >= 11 is 0. The number of aldehydes is 2. The maximum absolute atomic E-state index is 12.2. The zero-order chi connectivity index (χ0) is 22.9. The third-order valence-electron chi connectivity index (χ3n) is 3.61. The Morgan fingerprint density at radius 2 is 1.59 bits per heavy atom. The van der Waals surface area contributed by atoms with E-state index in [-0.39, 0.29) is 12.6 Å². The van der Waals surface area contributed by atoms with E-state index in [0.29, 0.717) is 0 Å². The highest BCUT2D eigenvalue weighted by Crippen LogP contribution is 2.47. The van der Waals surface area contributed by atoms with Gasteiger partial charge in [-0.3, -0.25) is 13.8 Å². The van der Waals surface area contributed by atoms with Gasteiger partial charge < -0.3 is 50.4 Å². The van der Waals surface area contributed by atoms with Crippen molar-refractivity contribution in [2.75, 3.05) is 6.61 Å². The minimum absolute atomic E-state index is 0.00261. The quantitative estimate of drug-likeness (QED) is 0.0927. The number of carbonyl (C=O) groups is 3. The van der Waals surface area contributed by atoms with Crippen LogP contribution in [0.1, 0.15) is 13.8 Å². The average molecular weight is 447 g/mol. The summed E-state index contributed by atoms with van der Waals surface area (Å²) in [5.41, 5.74) is 0. The molecule has 14 nitrogen and oxygen atoms in total. The van der Waals surface area contributed by atoms with Gasteiger partial charge in [-0.05, 0) is 6.92 Å². The van der Waals surface area contributed by atoms with Gasteiger partial charge in [-0.15, -0.1) is 0 Å². The molecule has 0 fully saturated rings. The molecule has 1 amide bonds. The molecule has 1 unspecified atom stereocenters. The number of hydrogen-bond donors (Lipinski definition) is 8. The number of amides is 1. The van der Waals surface area contributed by atoms with Crippen LogP contribution < -0.4 is 5.32 Å². The fourth-order valence-electron chi connectivity index (χ4n) is 2.08. The molecule has 0 aliphatic rings. The Morgan fingerprint density at radius 1 is 1.03 bits per heavy atom. The van der Waals surface area contributed by atoms with Crippen LogP contribution >= 0.6 is 7.82 Å². The molecule has 0 aromatic carbocycles. The topological polar surface area (TPSA) is 240 Å². The second kappa shape index (κ2) is 12.4. The molecule has 0 aromatic rings. The molecule has 15 heteroatoms. The first-order valence-corrected chi connectivity index (χ1v) is 9.69. The number of rotatable bonds is 14. The van der Waals surface area contributed by atoms with Crippen LogP contribution in [0.4, 0.5) is 0 Å². The largest absolute Gasteiger partial charge is 0.473 e. The molecule has 29 heavy (non-hydrogen) atoms. The van der Waals surface area contributed by atoms with Crippen molar-refractivity contribution < 1.29 is 63.5 Å². The predicted octanol–water partition coefficient (Wildman–Crippen LogP) is -4.42. The van der Waals surface area contributed by atoms with E-state index >= 15 is 0 Å². The van der Waals surface area contributed by atoms with Gasteiger partial charge in [-0.1, -0.05) is 0 Å². The maximum Gasteiger partial charge on any atom is 0.473 e. The normalized spacial score (nSPS) is 22.1. The number of carbonyl (C=O) groups excluding carboxylic acids is 3. The predicted molar refractivity (Wildman–Crippen MR) is 92.1 cm³/mol. The fourth-order valence-corrected chi connectivity index (χ4v) is 3.17. The minimum Gasteiger partial charge on any atom is -0.394 e. The highest BCUT2D eigenvalue weighted by Gasteiger charge is 2.43. The summed E-state index contributed by atoms with van der Waals surface area (Å²) in [5, 5.41) is 59.0. The molecule has 0 bridgehead atoms. The average Bonchev–Trinajstić information content (AvgIpc) is 2.65. The van der Waals surface area contributed by atoms with Crippen LogP contribution in [0.25, 0.3) is 0 Å². The van der Waals surface area contributed by atoms with Crippen molar-refractivity contribution in [3.8, 4) is 0 Å². The lowest BCUT2D eigenvalue weighted by Crippen LogP contribution is -2.54. The summed E-state index contributed by atoms with van der Waals surface area (Å²) in [6.45, 7) is 0.961. The standard InChI is InChI=1S/C14H26NO13P/c1-6(19)11(22)13(24)10(5-18)27-29(25,26)28-14(12(23)9(21)4-17)8(3-16)15-7(2)20/h3,5-6,8-14,17,19,21-24H,4H2,1-2H3,(H,15,20)(H,25,26)/t6-,8-,9+,10-,11-,12+,13-,14+/m0/s1. The molecular weight excluding hydrogens is 421 g/mol. The van der Waals surface area contributed by atoms with Crippen molar-refractivity contribution in [2.24, 2.45) is 0 Å². The Bertz CT molecular complexity index is 588. The fraction of sp³-hybridized carbons (Fsp3) is 0.786. The lowest BCUT2D eigenvalue weighted by molar-refractivity contribution is -0.136. The van der Waals surface area contributed by atoms with Gasteiger partial charge in [0, 0.05) is 6.92 Å². The molecule has 0 saturated carbocycles.